The number of benzene rings is 4. The van der Waals surface area contributed by atoms with Crippen LogP contribution in [0.4, 0.5) is 10.1 Å². The fraction of sp³-hybridized carbons (Fsp3) is 0. The summed E-state index contributed by atoms with van der Waals surface area (Å²) in [4.78, 5) is 17.4. The van der Waals surface area contributed by atoms with Crippen molar-refractivity contribution in [3.63, 3.8) is 0 Å². The van der Waals surface area contributed by atoms with Crippen LogP contribution in [0.2, 0.25) is 5.02 Å². The van der Waals surface area contributed by atoms with Gasteiger partial charge in [-0.25, -0.2) is 14.1 Å². The first-order chi connectivity index (χ1) is 17.0. The molecule has 0 aliphatic heterocycles. The molecule has 0 saturated heterocycles. The van der Waals surface area contributed by atoms with Gasteiger partial charge in [0.2, 0.25) is 5.82 Å². The molecule has 1 aromatic heterocycles. The van der Waals surface area contributed by atoms with Crippen LogP contribution in [0.5, 0.6) is 11.5 Å². The van der Waals surface area contributed by atoms with Crippen LogP contribution in [0, 0.1) is 5.82 Å². The molecular weight excluding hydrogens is 467 g/mol. The molecule has 172 valence electrons. The number of hydrogen-bond donors (Lipinski definition) is 1. The first-order valence-electron chi connectivity index (χ1n) is 10.7. The maximum Gasteiger partial charge on any atom is 0.295 e. The Morgan fingerprint density at radius 1 is 0.857 bits per heavy atom. The summed E-state index contributed by atoms with van der Waals surface area (Å²) in [6.07, 6.45) is 0. The predicted molar refractivity (Wildman–Crippen MR) is 133 cm³/mol. The second-order valence-corrected chi connectivity index (χ2v) is 7.99. The maximum absolute atomic E-state index is 13.5. The van der Waals surface area contributed by atoms with Crippen LogP contribution in [0.15, 0.2) is 103 Å². The van der Waals surface area contributed by atoms with E-state index in [9.17, 15) is 9.18 Å². The number of nitrogens with one attached hydrogen (secondary N) is 1. The van der Waals surface area contributed by atoms with Crippen molar-refractivity contribution in [3.8, 4) is 28.6 Å². The summed E-state index contributed by atoms with van der Waals surface area (Å²) in [5.74, 6) is 0.830. The Labute approximate surface area is 205 Å². The first kappa shape index (κ1) is 22.3. The van der Waals surface area contributed by atoms with E-state index in [1.807, 2.05) is 36.4 Å². The van der Waals surface area contributed by atoms with Crippen LogP contribution < -0.4 is 10.1 Å². The van der Waals surface area contributed by atoms with Crippen molar-refractivity contribution in [1.29, 1.82) is 0 Å². The molecule has 1 amide bonds. The van der Waals surface area contributed by atoms with E-state index in [4.69, 9.17) is 16.3 Å². The van der Waals surface area contributed by atoms with Gasteiger partial charge in [0.25, 0.3) is 5.91 Å². The van der Waals surface area contributed by atoms with Gasteiger partial charge in [-0.05, 0) is 72.8 Å². The third kappa shape index (κ3) is 5.20. The molecule has 6 nitrogen and oxygen atoms in total. The van der Waals surface area contributed by atoms with Gasteiger partial charge >= 0.3 is 0 Å². The highest BCUT2D eigenvalue weighted by Gasteiger charge is 2.19. The highest BCUT2D eigenvalue weighted by molar-refractivity contribution is 6.30. The average Bonchev–Trinajstić information content (AvgIpc) is 3.32. The van der Waals surface area contributed by atoms with Crippen LogP contribution in [0.1, 0.15) is 10.6 Å². The Kier molecular flexibility index (Phi) is 6.24. The highest BCUT2D eigenvalue weighted by atomic mass is 35.5. The van der Waals surface area contributed by atoms with Crippen molar-refractivity contribution in [1.82, 2.24) is 14.8 Å². The van der Waals surface area contributed by atoms with Crippen molar-refractivity contribution in [2.45, 2.75) is 0 Å². The van der Waals surface area contributed by atoms with Crippen LogP contribution in [-0.2, 0) is 0 Å². The summed E-state index contributed by atoms with van der Waals surface area (Å²) in [6.45, 7) is 0. The van der Waals surface area contributed by atoms with Crippen LogP contribution in [0.3, 0.4) is 0 Å². The van der Waals surface area contributed by atoms with Gasteiger partial charge in [-0.1, -0.05) is 41.9 Å². The second kappa shape index (κ2) is 9.79. The fourth-order valence-electron chi connectivity index (χ4n) is 3.40. The number of amides is 1. The van der Waals surface area contributed by atoms with E-state index in [1.54, 1.807) is 54.6 Å². The molecule has 5 rings (SSSR count). The number of carbonyl (C=O) groups excluding carboxylic acids is 1. The number of nitrogens with zero attached hydrogens (tertiary/aromatic N) is 3. The molecular formula is C27H18ClFN4O2. The fourth-order valence-corrected chi connectivity index (χ4v) is 3.59. The third-order valence-electron chi connectivity index (χ3n) is 5.06. The molecule has 1 heterocycles. The standard InChI is InChI=1S/C27H18ClFN4O2/c28-19-6-4-5-18(17-19)26-31-25(32-33(26)22-13-9-20(29)10-14-22)27(34)30-21-11-15-24(16-12-21)35-23-7-2-1-3-8-23/h1-17H,(H,30,34). The quantitative estimate of drug-likeness (QED) is 0.288. The smallest absolute Gasteiger partial charge is 0.295 e. The van der Waals surface area contributed by atoms with Crippen molar-refractivity contribution in [3.05, 3.63) is 120 Å². The van der Waals surface area contributed by atoms with E-state index in [0.717, 1.165) is 0 Å². The Balaban J connectivity index is 1.40. The molecule has 0 spiro atoms. The Morgan fingerprint density at radius 3 is 2.29 bits per heavy atom. The third-order valence-corrected chi connectivity index (χ3v) is 5.29. The number of halogens is 2. The second-order valence-electron chi connectivity index (χ2n) is 7.55. The summed E-state index contributed by atoms with van der Waals surface area (Å²) in [6, 6.07) is 29.2. The van der Waals surface area contributed by atoms with Gasteiger partial charge in [0.1, 0.15) is 17.3 Å². The molecule has 0 fully saturated rings. The molecule has 4 aromatic carbocycles. The summed E-state index contributed by atoms with van der Waals surface area (Å²) in [5, 5.41) is 7.70. The molecule has 5 aromatic rings. The highest BCUT2D eigenvalue weighted by Crippen LogP contribution is 2.25. The largest absolute Gasteiger partial charge is 0.457 e. The van der Waals surface area contributed by atoms with Gasteiger partial charge in [-0.3, -0.25) is 4.79 Å². The lowest BCUT2D eigenvalue weighted by molar-refractivity contribution is 0.101. The molecule has 0 saturated carbocycles. The number of hydrogen-bond acceptors (Lipinski definition) is 4. The number of ether oxygens (including phenoxy) is 1. The number of carbonyl (C=O) groups is 1. The SMILES string of the molecule is O=C(Nc1ccc(Oc2ccccc2)cc1)c1nc(-c2cccc(Cl)c2)n(-c2ccc(F)cc2)n1. The monoisotopic (exact) mass is 484 g/mol. The van der Waals surface area contributed by atoms with Crippen LogP contribution in [-0.4, -0.2) is 20.7 Å². The number of rotatable bonds is 6. The molecule has 35 heavy (non-hydrogen) atoms. The first-order valence-corrected chi connectivity index (χ1v) is 11.1. The molecule has 8 heteroatoms. The van der Waals surface area contributed by atoms with Gasteiger partial charge < -0.3 is 10.1 Å². The lowest BCUT2D eigenvalue weighted by Gasteiger charge is -2.07. The zero-order chi connectivity index (χ0) is 24.2. The summed E-state index contributed by atoms with van der Waals surface area (Å²) in [7, 11) is 0. The maximum atomic E-state index is 13.5. The zero-order valence-electron chi connectivity index (χ0n) is 18.2. The normalized spacial score (nSPS) is 10.7. The molecule has 0 unspecified atom stereocenters. The molecule has 0 radical (unpaired) electrons. The average molecular weight is 485 g/mol. The van der Waals surface area contributed by atoms with E-state index >= 15 is 0 Å². The number of para-hydroxylation sites is 1. The minimum Gasteiger partial charge on any atom is -0.457 e. The van der Waals surface area contributed by atoms with E-state index in [-0.39, 0.29) is 11.6 Å². The van der Waals surface area contributed by atoms with Gasteiger partial charge in [0, 0.05) is 16.3 Å². The Morgan fingerprint density at radius 2 is 1.57 bits per heavy atom. The van der Waals surface area contributed by atoms with Crippen molar-refractivity contribution < 1.29 is 13.9 Å². The van der Waals surface area contributed by atoms with Gasteiger partial charge in [0.05, 0.1) is 5.69 Å². The lowest BCUT2D eigenvalue weighted by atomic mass is 10.2. The Hall–Kier alpha value is -4.49. The van der Waals surface area contributed by atoms with E-state index in [0.29, 0.717) is 39.3 Å². The van der Waals surface area contributed by atoms with Crippen molar-refractivity contribution in [2.75, 3.05) is 5.32 Å². The van der Waals surface area contributed by atoms with Crippen LogP contribution >= 0.6 is 11.6 Å². The van der Waals surface area contributed by atoms with E-state index in [2.05, 4.69) is 15.4 Å². The van der Waals surface area contributed by atoms with E-state index < -0.39 is 5.91 Å². The molecule has 0 aliphatic carbocycles. The minimum atomic E-state index is -0.495. The molecule has 0 aliphatic rings. The zero-order valence-corrected chi connectivity index (χ0v) is 19.0. The van der Waals surface area contributed by atoms with Crippen LogP contribution in [0.25, 0.3) is 17.1 Å². The number of aromatic nitrogens is 3. The summed E-state index contributed by atoms with van der Waals surface area (Å²) in [5.41, 5.74) is 1.77. The predicted octanol–water partition coefficient (Wildman–Crippen LogP) is 6.77. The summed E-state index contributed by atoms with van der Waals surface area (Å²) >= 11 is 6.16. The topological polar surface area (TPSA) is 69.0 Å². The van der Waals surface area contributed by atoms with Gasteiger partial charge in [-0.15, -0.1) is 5.10 Å². The molecule has 1 N–H and O–H groups in total. The minimum absolute atomic E-state index is 0.0473. The lowest BCUT2D eigenvalue weighted by Crippen LogP contribution is -2.14. The molecule has 0 bridgehead atoms. The Bertz CT molecular complexity index is 1470. The summed E-state index contributed by atoms with van der Waals surface area (Å²) < 4.78 is 20.7. The number of anilines is 1. The van der Waals surface area contributed by atoms with Crippen molar-refractivity contribution in [2.24, 2.45) is 0 Å². The van der Waals surface area contributed by atoms with Gasteiger partial charge in [-0.2, -0.15) is 0 Å². The van der Waals surface area contributed by atoms with E-state index in [1.165, 1.54) is 16.8 Å². The molecule has 0 atom stereocenters. The van der Waals surface area contributed by atoms with Crippen molar-refractivity contribution >= 4 is 23.2 Å². The van der Waals surface area contributed by atoms with Gasteiger partial charge in [0.15, 0.2) is 5.82 Å².